The van der Waals surface area contributed by atoms with Gasteiger partial charge in [0.05, 0.1) is 18.8 Å². The molecule has 3 aromatic rings. The number of benzene rings is 1. The molecule has 0 fully saturated rings. The number of anilines is 1. The highest BCUT2D eigenvalue weighted by Gasteiger charge is 2.20. The molecule has 0 spiro atoms. The van der Waals surface area contributed by atoms with Crippen molar-refractivity contribution in [3.05, 3.63) is 47.7 Å². The molecule has 0 bridgehead atoms. The van der Waals surface area contributed by atoms with Gasteiger partial charge in [0.25, 0.3) is 0 Å². The second-order valence-electron chi connectivity index (χ2n) is 8.64. The van der Waals surface area contributed by atoms with Crippen molar-refractivity contribution in [1.29, 1.82) is 5.26 Å². The van der Waals surface area contributed by atoms with Crippen molar-refractivity contribution in [3.8, 4) is 23.1 Å². The predicted octanol–water partition coefficient (Wildman–Crippen LogP) is 4.61. The Morgan fingerprint density at radius 1 is 1.24 bits per heavy atom. The van der Waals surface area contributed by atoms with Gasteiger partial charge in [-0.2, -0.15) is 5.26 Å². The highest BCUT2D eigenvalue weighted by molar-refractivity contribution is 5.78. The molecule has 0 amide bonds. The van der Waals surface area contributed by atoms with E-state index in [0.717, 1.165) is 28.3 Å². The lowest BCUT2D eigenvalue weighted by Crippen LogP contribution is -2.27. The number of hydrogen-bond donors (Lipinski definition) is 2. The van der Waals surface area contributed by atoms with E-state index in [1.165, 1.54) is 0 Å². The number of ether oxygens (including phenoxy) is 1. The molecule has 0 aliphatic rings. The number of fused-ring (bicyclic) bond motifs is 1. The van der Waals surface area contributed by atoms with Crippen molar-refractivity contribution >= 4 is 11.5 Å². The molecule has 0 unspecified atom stereocenters. The van der Waals surface area contributed by atoms with Crippen molar-refractivity contribution in [2.75, 3.05) is 11.9 Å². The summed E-state index contributed by atoms with van der Waals surface area (Å²) in [6, 6.07) is 11.6. The molecule has 6 nitrogen and oxygen atoms in total. The molecule has 6 heteroatoms. The van der Waals surface area contributed by atoms with Crippen molar-refractivity contribution in [2.24, 2.45) is 5.92 Å². The van der Waals surface area contributed by atoms with Gasteiger partial charge in [-0.05, 0) is 56.5 Å². The van der Waals surface area contributed by atoms with E-state index in [4.69, 9.17) is 9.72 Å². The van der Waals surface area contributed by atoms with E-state index in [2.05, 4.69) is 46.0 Å². The number of nitrogens with one attached hydrogen (secondary N) is 1. The number of nitriles is 1. The van der Waals surface area contributed by atoms with Gasteiger partial charge in [0.2, 0.25) is 0 Å². The molecule has 2 aromatic heterocycles. The van der Waals surface area contributed by atoms with E-state index in [0.29, 0.717) is 23.8 Å². The first-order valence-corrected chi connectivity index (χ1v) is 9.79. The Morgan fingerprint density at radius 3 is 2.62 bits per heavy atom. The van der Waals surface area contributed by atoms with Gasteiger partial charge in [-0.3, -0.25) is 4.40 Å². The minimum Gasteiger partial charge on any atom is -0.492 e. The summed E-state index contributed by atoms with van der Waals surface area (Å²) in [5.41, 5.74) is 3.44. The van der Waals surface area contributed by atoms with Crippen LogP contribution in [-0.4, -0.2) is 26.6 Å². The minimum absolute atomic E-state index is 0.0428. The molecule has 29 heavy (non-hydrogen) atoms. The normalized spacial score (nSPS) is 11.7. The van der Waals surface area contributed by atoms with Gasteiger partial charge < -0.3 is 15.2 Å². The van der Waals surface area contributed by atoms with Gasteiger partial charge in [0.1, 0.15) is 29.0 Å². The van der Waals surface area contributed by atoms with Gasteiger partial charge in [-0.25, -0.2) is 4.98 Å². The van der Waals surface area contributed by atoms with E-state index < -0.39 is 0 Å². The molecular weight excluding hydrogens is 364 g/mol. The van der Waals surface area contributed by atoms with E-state index in [-0.39, 0.29) is 12.1 Å². The number of pyridine rings is 1. The Bertz CT molecular complexity index is 1060. The molecule has 0 aliphatic carbocycles. The van der Waals surface area contributed by atoms with Crippen molar-refractivity contribution < 1.29 is 9.84 Å². The van der Waals surface area contributed by atoms with Gasteiger partial charge >= 0.3 is 0 Å². The lowest BCUT2D eigenvalue weighted by Gasteiger charge is -2.23. The van der Waals surface area contributed by atoms with Gasteiger partial charge in [-0.15, -0.1) is 0 Å². The summed E-state index contributed by atoms with van der Waals surface area (Å²) in [5, 5.41) is 22.7. The monoisotopic (exact) mass is 392 g/mol. The number of imidazole rings is 1. The fourth-order valence-corrected chi connectivity index (χ4v) is 3.01. The molecule has 2 N–H and O–H groups in total. The fraction of sp³-hybridized carbons (Fsp3) is 0.391. The zero-order valence-corrected chi connectivity index (χ0v) is 17.7. The maximum atomic E-state index is 9.62. The van der Waals surface area contributed by atoms with E-state index >= 15 is 0 Å². The third-order valence-electron chi connectivity index (χ3n) is 4.30. The van der Waals surface area contributed by atoms with E-state index in [1.807, 2.05) is 40.9 Å². The smallest absolute Gasteiger partial charge is 0.139 e. The number of aliphatic hydroxyl groups excluding tert-OH is 1. The maximum absolute atomic E-state index is 9.62. The van der Waals surface area contributed by atoms with E-state index in [9.17, 15) is 10.4 Å². The summed E-state index contributed by atoms with van der Waals surface area (Å²) in [6.07, 6.45) is 1.88. The van der Waals surface area contributed by atoms with Crippen LogP contribution in [0.15, 0.2) is 36.5 Å². The third kappa shape index (κ3) is 4.69. The zero-order valence-electron chi connectivity index (χ0n) is 17.7. The van der Waals surface area contributed by atoms with E-state index in [1.54, 1.807) is 0 Å². The SMILES string of the molecule is CC(C)COc1ccc(-c2nc3ccc(CO)cn3c2NC(C)(C)C)cc1C#N. The van der Waals surface area contributed by atoms with Gasteiger partial charge in [-0.1, -0.05) is 19.9 Å². The quantitative estimate of drug-likeness (QED) is 0.640. The van der Waals surface area contributed by atoms with Crippen LogP contribution in [-0.2, 0) is 6.61 Å². The average molecular weight is 393 g/mol. The van der Waals surface area contributed by atoms with Crippen molar-refractivity contribution in [2.45, 2.75) is 46.8 Å². The summed E-state index contributed by atoms with van der Waals surface area (Å²) >= 11 is 0. The fourth-order valence-electron chi connectivity index (χ4n) is 3.01. The molecule has 0 atom stereocenters. The molecular formula is C23H28N4O2. The Hall–Kier alpha value is -3.04. The number of hydrogen-bond acceptors (Lipinski definition) is 5. The topological polar surface area (TPSA) is 82.6 Å². The molecule has 0 aliphatic heterocycles. The van der Waals surface area contributed by atoms with Crippen LogP contribution in [0.2, 0.25) is 0 Å². The molecule has 0 saturated heterocycles. The molecule has 152 valence electrons. The van der Waals surface area contributed by atoms with Gasteiger partial charge in [0, 0.05) is 17.3 Å². The zero-order chi connectivity index (χ0) is 21.2. The second kappa shape index (κ2) is 8.14. The Balaban J connectivity index is 2.13. The Labute approximate surface area is 171 Å². The van der Waals surface area contributed by atoms with Crippen LogP contribution >= 0.6 is 0 Å². The minimum atomic E-state index is -0.196. The number of aromatic nitrogens is 2. The lowest BCUT2D eigenvalue weighted by atomic mass is 10.1. The highest BCUT2D eigenvalue weighted by atomic mass is 16.5. The summed E-state index contributed by atoms with van der Waals surface area (Å²) in [7, 11) is 0. The summed E-state index contributed by atoms with van der Waals surface area (Å²) in [6.45, 7) is 10.9. The average Bonchev–Trinajstić information content (AvgIpc) is 3.02. The first-order valence-electron chi connectivity index (χ1n) is 9.79. The Morgan fingerprint density at radius 2 is 2.00 bits per heavy atom. The van der Waals surface area contributed by atoms with Crippen LogP contribution in [0.25, 0.3) is 16.9 Å². The lowest BCUT2D eigenvalue weighted by molar-refractivity contribution is 0.270. The van der Waals surface area contributed by atoms with Crippen LogP contribution in [0.4, 0.5) is 5.82 Å². The third-order valence-corrected chi connectivity index (χ3v) is 4.30. The molecule has 3 rings (SSSR count). The highest BCUT2D eigenvalue weighted by Crippen LogP contribution is 2.33. The summed E-state index contributed by atoms with van der Waals surface area (Å²) in [5.74, 6) is 1.78. The van der Waals surface area contributed by atoms with Crippen molar-refractivity contribution in [3.63, 3.8) is 0 Å². The van der Waals surface area contributed by atoms with Gasteiger partial charge in [0.15, 0.2) is 0 Å². The van der Waals surface area contributed by atoms with Crippen LogP contribution in [0.3, 0.4) is 0 Å². The molecule has 2 heterocycles. The number of nitrogens with zero attached hydrogens (tertiary/aromatic N) is 3. The summed E-state index contributed by atoms with van der Waals surface area (Å²) in [4.78, 5) is 4.79. The standard InChI is InChI=1S/C23H28N4O2/c1-15(2)14-29-19-8-7-17(10-18(19)11-24)21-22(26-23(3,4)5)27-12-16(13-28)6-9-20(27)25-21/h6-10,12,15,26,28H,13-14H2,1-5H3. The Kier molecular flexibility index (Phi) is 5.81. The van der Waals surface area contributed by atoms with Crippen LogP contribution in [0.1, 0.15) is 45.7 Å². The number of rotatable bonds is 6. The molecule has 0 radical (unpaired) electrons. The largest absolute Gasteiger partial charge is 0.492 e. The first kappa shape index (κ1) is 20.7. The molecule has 0 saturated carbocycles. The van der Waals surface area contributed by atoms with Crippen LogP contribution < -0.4 is 10.1 Å². The van der Waals surface area contributed by atoms with Crippen LogP contribution in [0, 0.1) is 17.2 Å². The van der Waals surface area contributed by atoms with Crippen molar-refractivity contribution in [1.82, 2.24) is 9.38 Å². The maximum Gasteiger partial charge on any atom is 0.139 e. The summed E-state index contributed by atoms with van der Waals surface area (Å²) < 4.78 is 7.73. The second-order valence-corrected chi connectivity index (χ2v) is 8.64. The first-order chi connectivity index (χ1) is 13.7. The number of aliphatic hydroxyl groups is 1. The molecule has 1 aromatic carbocycles. The van der Waals surface area contributed by atoms with Crippen LogP contribution in [0.5, 0.6) is 5.75 Å². The predicted molar refractivity (Wildman–Crippen MR) is 115 cm³/mol.